The molecule has 4 heterocycles. The van der Waals surface area contributed by atoms with E-state index in [1.165, 1.54) is 76.6 Å². The predicted molar refractivity (Wildman–Crippen MR) is 258 cm³/mol. The van der Waals surface area contributed by atoms with Crippen molar-refractivity contribution in [3.05, 3.63) is 206 Å². The molecule has 4 heteroatoms. The summed E-state index contributed by atoms with van der Waals surface area (Å²) in [5.41, 5.74) is 15.3. The molecule has 0 aliphatic heterocycles. The van der Waals surface area contributed by atoms with Crippen molar-refractivity contribution in [2.24, 2.45) is 0 Å². The van der Waals surface area contributed by atoms with Crippen LogP contribution in [0.25, 0.3) is 132 Å². The lowest BCUT2D eigenvalue weighted by atomic mass is 9.92. The van der Waals surface area contributed by atoms with Crippen LogP contribution < -0.4 is 0 Å². The van der Waals surface area contributed by atoms with Gasteiger partial charge in [0, 0.05) is 32.3 Å². The van der Waals surface area contributed by atoms with Gasteiger partial charge in [-0.25, -0.2) is 0 Å². The Morgan fingerprint density at radius 3 is 1.11 bits per heavy atom. The van der Waals surface area contributed by atoms with Crippen LogP contribution in [-0.2, 0) is 0 Å². The molecular weight excluding hydrogens is 757 g/mol. The number of nitrogens with zero attached hydrogens (tertiary/aromatic N) is 2. The van der Waals surface area contributed by atoms with E-state index in [4.69, 9.17) is 8.83 Å². The Morgan fingerprint density at radius 1 is 0.258 bits per heavy atom. The normalized spacial score (nSPS) is 12.2. The molecule has 0 spiro atoms. The van der Waals surface area contributed by atoms with Gasteiger partial charge in [-0.05, 0) is 106 Å². The summed E-state index contributed by atoms with van der Waals surface area (Å²) in [6.07, 6.45) is 0. The van der Waals surface area contributed by atoms with Gasteiger partial charge in [-0.3, -0.25) is 0 Å². The highest BCUT2D eigenvalue weighted by molar-refractivity contribution is 6.18. The second-order valence-corrected chi connectivity index (χ2v) is 16.4. The van der Waals surface area contributed by atoms with Gasteiger partial charge in [0.2, 0.25) is 0 Å². The summed E-state index contributed by atoms with van der Waals surface area (Å²) in [5.74, 6) is 0. The second-order valence-electron chi connectivity index (χ2n) is 16.4. The van der Waals surface area contributed by atoms with Crippen LogP contribution in [0.3, 0.4) is 0 Å². The monoisotopic (exact) mass is 790 g/mol. The summed E-state index contributed by atoms with van der Waals surface area (Å²) in [6, 6.07) is 74.4. The topological polar surface area (TPSA) is 36.1 Å². The van der Waals surface area contributed by atoms with E-state index in [1.54, 1.807) is 0 Å². The summed E-state index contributed by atoms with van der Waals surface area (Å²) < 4.78 is 17.5. The van der Waals surface area contributed by atoms with Gasteiger partial charge < -0.3 is 18.0 Å². The zero-order valence-electron chi connectivity index (χ0n) is 33.3. The summed E-state index contributed by atoms with van der Waals surface area (Å²) in [6.45, 7) is 0. The first-order valence-electron chi connectivity index (χ1n) is 21.2. The number of aromatic nitrogens is 2. The Labute approximate surface area is 354 Å². The van der Waals surface area contributed by atoms with Gasteiger partial charge in [0.05, 0.1) is 44.2 Å². The Kier molecular flexibility index (Phi) is 6.80. The van der Waals surface area contributed by atoms with Crippen molar-refractivity contribution in [1.82, 2.24) is 9.13 Å². The molecule has 0 unspecified atom stereocenters. The number of furan rings is 2. The molecule has 0 radical (unpaired) electrons. The highest BCUT2D eigenvalue weighted by Crippen LogP contribution is 2.43. The van der Waals surface area contributed by atoms with E-state index in [2.05, 4.69) is 203 Å². The maximum atomic E-state index is 6.34. The molecule has 62 heavy (non-hydrogen) atoms. The fourth-order valence-electron chi connectivity index (χ4n) is 10.5. The maximum Gasteiger partial charge on any atom is 0.137 e. The molecule has 0 aliphatic carbocycles. The number of fused-ring (bicyclic) bond motifs is 13. The molecule has 14 aromatic rings. The van der Waals surface area contributed by atoms with Crippen molar-refractivity contribution < 1.29 is 8.83 Å². The number of para-hydroxylation sites is 4. The first-order valence-corrected chi connectivity index (χ1v) is 21.2. The third-order valence-corrected chi connectivity index (χ3v) is 13.1. The lowest BCUT2D eigenvalue weighted by Crippen LogP contribution is -1.94. The van der Waals surface area contributed by atoms with Crippen molar-refractivity contribution in [2.75, 3.05) is 0 Å². The fourth-order valence-corrected chi connectivity index (χ4v) is 10.5. The van der Waals surface area contributed by atoms with Crippen molar-refractivity contribution >= 4 is 98.3 Å². The molecule has 0 saturated carbocycles. The van der Waals surface area contributed by atoms with Crippen LogP contribution in [0.2, 0.25) is 0 Å². The Bertz CT molecular complexity index is 3900. The van der Waals surface area contributed by atoms with Crippen LogP contribution in [0.5, 0.6) is 0 Å². The zero-order chi connectivity index (χ0) is 40.5. The van der Waals surface area contributed by atoms with Gasteiger partial charge in [-0.15, -0.1) is 0 Å². The lowest BCUT2D eigenvalue weighted by molar-refractivity contribution is 0.668. The highest BCUT2D eigenvalue weighted by Gasteiger charge is 2.21. The van der Waals surface area contributed by atoms with Gasteiger partial charge in [-0.2, -0.15) is 0 Å². The molecule has 0 atom stereocenters. The first kappa shape index (κ1) is 33.5. The van der Waals surface area contributed by atoms with Crippen molar-refractivity contribution in [1.29, 1.82) is 0 Å². The molecule has 4 aromatic heterocycles. The molecule has 288 valence electrons. The molecule has 14 rings (SSSR count). The average molecular weight is 791 g/mol. The molecule has 4 nitrogen and oxygen atoms in total. The van der Waals surface area contributed by atoms with Crippen LogP contribution >= 0.6 is 0 Å². The number of benzene rings is 10. The Morgan fingerprint density at radius 2 is 0.629 bits per heavy atom. The summed E-state index contributed by atoms with van der Waals surface area (Å²) in [5, 5.41) is 11.8. The Hall–Kier alpha value is -8.34. The SMILES string of the molecule is c1ccc2c(c1)oc1cccc(-n3c4ccccc4c4cc(-c5cccc6c(-c7ccc8c(c7)c7ccccc7n8-c7cccc8oc9ccccc9c78)cccc56)ccc43)c12. The molecule has 0 fully saturated rings. The van der Waals surface area contributed by atoms with Gasteiger partial charge >= 0.3 is 0 Å². The fraction of sp³-hybridized carbons (Fsp3) is 0. The van der Waals surface area contributed by atoms with Crippen LogP contribution in [-0.4, -0.2) is 9.13 Å². The average Bonchev–Trinajstić information content (AvgIpc) is 4.08. The molecule has 10 aromatic carbocycles. The molecule has 0 amide bonds. The lowest BCUT2D eigenvalue weighted by Gasteiger charge is -2.13. The third kappa shape index (κ3) is 4.61. The largest absolute Gasteiger partial charge is 0.456 e. The van der Waals surface area contributed by atoms with E-state index in [9.17, 15) is 0 Å². The zero-order valence-corrected chi connectivity index (χ0v) is 33.3. The van der Waals surface area contributed by atoms with Crippen LogP contribution in [0.4, 0.5) is 0 Å². The number of rotatable bonds is 4. The quantitative estimate of drug-likeness (QED) is 0.178. The first-order chi connectivity index (χ1) is 30.8. The third-order valence-electron chi connectivity index (χ3n) is 13.1. The van der Waals surface area contributed by atoms with E-state index in [0.29, 0.717) is 0 Å². The number of hydrogen-bond donors (Lipinski definition) is 0. The summed E-state index contributed by atoms with van der Waals surface area (Å²) in [7, 11) is 0. The van der Waals surface area contributed by atoms with Crippen LogP contribution in [0, 0.1) is 0 Å². The van der Waals surface area contributed by atoms with Gasteiger partial charge in [0.1, 0.15) is 22.3 Å². The van der Waals surface area contributed by atoms with E-state index in [1.807, 2.05) is 12.1 Å². The minimum Gasteiger partial charge on any atom is -0.456 e. The van der Waals surface area contributed by atoms with Gasteiger partial charge in [-0.1, -0.05) is 133 Å². The molecule has 0 bridgehead atoms. The second kappa shape index (κ2) is 12.6. The summed E-state index contributed by atoms with van der Waals surface area (Å²) in [4.78, 5) is 0. The van der Waals surface area contributed by atoms with E-state index in [0.717, 1.165) is 55.3 Å². The minimum absolute atomic E-state index is 0.892. The van der Waals surface area contributed by atoms with Crippen LogP contribution in [0.15, 0.2) is 215 Å². The smallest absolute Gasteiger partial charge is 0.137 e. The number of hydrogen-bond acceptors (Lipinski definition) is 2. The molecule has 0 aliphatic rings. The predicted octanol–water partition coefficient (Wildman–Crippen LogP) is 16.2. The van der Waals surface area contributed by atoms with E-state index < -0.39 is 0 Å². The maximum absolute atomic E-state index is 6.34. The van der Waals surface area contributed by atoms with Gasteiger partial charge in [0.15, 0.2) is 0 Å². The highest BCUT2D eigenvalue weighted by atomic mass is 16.3. The molecular formula is C58H34N2O2. The summed E-state index contributed by atoms with van der Waals surface area (Å²) >= 11 is 0. The van der Waals surface area contributed by atoms with Crippen molar-refractivity contribution in [3.63, 3.8) is 0 Å². The van der Waals surface area contributed by atoms with Crippen molar-refractivity contribution in [2.45, 2.75) is 0 Å². The van der Waals surface area contributed by atoms with Gasteiger partial charge in [0.25, 0.3) is 0 Å². The molecule has 0 N–H and O–H groups in total. The minimum atomic E-state index is 0.892. The van der Waals surface area contributed by atoms with Crippen molar-refractivity contribution in [3.8, 4) is 33.6 Å². The van der Waals surface area contributed by atoms with Crippen LogP contribution in [0.1, 0.15) is 0 Å². The van der Waals surface area contributed by atoms with E-state index in [-0.39, 0.29) is 0 Å². The standard InChI is InChI=1S/C58H34N2O2/c1-5-21-47-41(13-1)45-33-35(29-31-49(45)59(47)51-23-11-27-55-57(51)43-15-3-7-25-53(43)61-55)37-17-9-20-40-38(18-10-19-39(37)40)36-30-32-50-46(34-36)42-14-2-6-22-48(42)60(50)52-24-12-28-56-58(52)44-16-4-8-26-54(44)62-56/h1-34H. The Balaban J connectivity index is 0.937. The molecule has 0 saturated heterocycles. The van der Waals surface area contributed by atoms with E-state index >= 15 is 0 Å².